The summed E-state index contributed by atoms with van der Waals surface area (Å²) in [5.74, 6) is -0.0585. The van der Waals surface area contributed by atoms with Crippen LogP contribution in [0.3, 0.4) is 0 Å². The molecular weight excluding hydrogens is 388 g/mol. The first-order valence-corrected chi connectivity index (χ1v) is 11.0. The highest BCUT2D eigenvalue weighted by atomic mass is 32.2. The van der Waals surface area contributed by atoms with Crippen molar-refractivity contribution >= 4 is 39.8 Å². The van der Waals surface area contributed by atoms with Crippen molar-refractivity contribution in [3.05, 3.63) is 65.2 Å². The Morgan fingerprint density at radius 3 is 2.68 bits per heavy atom. The zero-order valence-electron chi connectivity index (χ0n) is 15.8. The molecule has 1 fully saturated rings. The largest absolute Gasteiger partial charge is 0.357 e. The maximum atomic E-state index is 13.2. The van der Waals surface area contributed by atoms with Crippen LogP contribution in [0.1, 0.15) is 34.8 Å². The monoisotopic (exact) mass is 410 g/mol. The lowest BCUT2D eigenvalue weighted by atomic mass is 10.1. The smallest absolute Gasteiger partial charge is 0.242 e. The van der Waals surface area contributed by atoms with Crippen LogP contribution in [0.25, 0.3) is 0 Å². The molecular formula is C21H22N4OS2. The Hall–Kier alpha value is -2.38. The van der Waals surface area contributed by atoms with Crippen LogP contribution >= 0.6 is 23.1 Å². The molecule has 1 aliphatic carbocycles. The Kier molecular flexibility index (Phi) is 5.64. The van der Waals surface area contributed by atoms with Gasteiger partial charge in [0.05, 0.1) is 0 Å². The Balaban J connectivity index is 1.55. The minimum atomic E-state index is -0.400. The number of anilines is 2. The number of thioether (sulfide) groups is 1. The van der Waals surface area contributed by atoms with Gasteiger partial charge in [0.25, 0.3) is 0 Å². The van der Waals surface area contributed by atoms with Crippen LogP contribution in [-0.2, 0) is 4.79 Å². The van der Waals surface area contributed by atoms with Crippen LogP contribution in [0.2, 0.25) is 0 Å². The standard InChI is InChI=1S/C21H22N4OS2/c1-13-8-9-14(2)17(12-13)23-19(26)18(15-6-4-3-5-7-15)27-21-25-24-20(28-21)22-16-10-11-16/h3-9,12,16,18H,10-11H2,1-2H3,(H,22,24)(H,23,26)/t18-/m0/s1. The van der Waals surface area contributed by atoms with Crippen molar-refractivity contribution in [3.8, 4) is 0 Å². The quantitative estimate of drug-likeness (QED) is 0.524. The number of carbonyl (C=O) groups excluding carboxylic acids is 1. The molecule has 0 unspecified atom stereocenters. The molecule has 0 bridgehead atoms. The lowest BCUT2D eigenvalue weighted by Gasteiger charge is -2.17. The minimum absolute atomic E-state index is 0.0585. The van der Waals surface area contributed by atoms with Crippen molar-refractivity contribution < 1.29 is 4.79 Å². The number of hydrogen-bond donors (Lipinski definition) is 2. The summed E-state index contributed by atoms with van der Waals surface area (Å²) in [6, 6.07) is 16.4. The van der Waals surface area contributed by atoms with Gasteiger partial charge in [-0.3, -0.25) is 4.79 Å². The van der Waals surface area contributed by atoms with Gasteiger partial charge in [0.1, 0.15) is 5.25 Å². The fraction of sp³-hybridized carbons (Fsp3) is 0.286. The lowest BCUT2D eigenvalue weighted by Crippen LogP contribution is -2.19. The Bertz CT molecular complexity index is 970. The van der Waals surface area contributed by atoms with Gasteiger partial charge in [-0.05, 0) is 49.4 Å². The van der Waals surface area contributed by atoms with E-state index in [0.29, 0.717) is 6.04 Å². The van der Waals surface area contributed by atoms with E-state index in [1.165, 1.54) is 35.9 Å². The van der Waals surface area contributed by atoms with Crippen LogP contribution in [0, 0.1) is 13.8 Å². The molecule has 1 atom stereocenters. The highest BCUT2D eigenvalue weighted by Gasteiger charge is 2.26. The van der Waals surface area contributed by atoms with E-state index >= 15 is 0 Å². The normalized spacial score (nSPS) is 14.5. The summed E-state index contributed by atoms with van der Waals surface area (Å²) in [5, 5.41) is 15.4. The fourth-order valence-corrected chi connectivity index (χ4v) is 4.81. The summed E-state index contributed by atoms with van der Waals surface area (Å²) >= 11 is 2.94. The average Bonchev–Trinajstić information content (AvgIpc) is 3.40. The van der Waals surface area contributed by atoms with E-state index < -0.39 is 5.25 Å². The molecule has 0 spiro atoms. The first-order chi connectivity index (χ1) is 13.6. The van der Waals surface area contributed by atoms with Crippen molar-refractivity contribution in [1.29, 1.82) is 0 Å². The van der Waals surface area contributed by atoms with Crippen LogP contribution < -0.4 is 10.6 Å². The molecule has 1 saturated carbocycles. The molecule has 2 N–H and O–H groups in total. The molecule has 144 valence electrons. The minimum Gasteiger partial charge on any atom is -0.357 e. The molecule has 7 heteroatoms. The average molecular weight is 411 g/mol. The zero-order valence-corrected chi connectivity index (χ0v) is 17.4. The zero-order chi connectivity index (χ0) is 19.5. The topological polar surface area (TPSA) is 66.9 Å². The second-order valence-corrected chi connectivity index (χ2v) is 9.34. The molecule has 1 aliphatic rings. The summed E-state index contributed by atoms with van der Waals surface area (Å²) in [5.41, 5.74) is 3.95. The summed E-state index contributed by atoms with van der Waals surface area (Å²) in [4.78, 5) is 13.2. The summed E-state index contributed by atoms with van der Waals surface area (Å²) in [6.45, 7) is 4.02. The van der Waals surface area contributed by atoms with E-state index in [4.69, 9.17) is 0 Å². The summed E-state index contributed by atoms with van der Waals surface area (Å²) in [6.07, 6.45) is 2.37. The Morgan fingerprint density at radius 2 is 1.93 bits per heavy atom. The molecule has 28 heavy (non-hydrogen) atoms. The van der Waals surface area contributed by atoms with E-state index in [1.807, 2.05) is 62.4 Å². The number of amides is 1. The maximum absolute atomic E-state index is 13.2. The fourth-order valence-electron chi connectivity index (χ4n) is 2.79. The SMILES string of the molecule is Cc1ccc(C)c(NC(=O)[C@@H](Sc2nnc(NC3CC3)s2)c2ccccc2)c1. The van der Waals surface area contributed by atoms with Crippen LogP contribution in [0.4, 0.5) is 10.8 Å². The third-order valence-electron chi connectivity index (χ3n) is 4.52. The summed E-state index contributed by atoms with van der Waals surface area (Å²) < 4.78 is 0.785. The number of rotatable bonds is 7. The van der Waals surface area contributed by atoms with Gasteiger partial charge < -0.3 is 10.6 Å². The number of nitrogens with one attached hydrogen (secondary N) is 2. The Labute approximate surface area is 173 Å². The van der Waals surface area contributed by atoms with Crippen molar-refractivity contribution in [1.82, 2.24) is 10.2 Å². The van der Waals surface area contributed by atoms with Gasteiger partial charge in [0.2, 0.25) is 11.0 Å². The molecule has 0 aliphatic heterocycles. The molecule has 1 amide bonds. The van der Waals surface area contributed by atoms with Gasteiger partial charge in [-0.2, -0.15) is 0 Å². The van der Waals surface area contributed by atoms with E-state index in [2.05, 4.69) is 20.8 Å². The number of hydrogen-bond acceptors (Lipinski definition) is 6. The number of carbonyl (C=O) groups is 1. The van der Waals surface area contributed by atoms with Crippen molar-refractivity contribution in [3.63, 3.8) is 0 Å². The van der Waals surface area contributed by atoms with Crippen LogP contribution in [-0.4, -0.2) is 22.1 Å². The molecule has 5 nitrogen and oxygen atoms in total. The van der Waals surface area contributed by atoms with E-state index in [9.17, 15) is 4.79 Å². The van der Waals surface area contributed by atoms with Crippen molar-refractivity contribution in [2.75, 3.05) is 10.6 Å². The summed E-state index contributed by atoms with van der Waals surface area (Å²) in [7, 11) is 0. The van der Waals surface area contributed by atoms with E-state index in [1.54, 1.807) is 0 Å². The van der Waals surface area contributed by atoms with Gasteiger partial charge in [-0.15, -0.1) is 10.2 Å². The maximum Gasteiger partial charge on any atom is 0.242 e. The second-order valence-electron chi connectivity index (χ2n) is 7.01. The number of benzene rings is 2. The van der Waals surface area contributed by atoms with Gasteiger partial charge in [-0.25, -0.2) is 0 Å². The number of aromatic nitrogens is 2. The van der Waals surface area contributed by atoms with Crippen molar-refractivity contribution in [2.45, 2.75) is 42.3 Å². The lowest BCUT2D eigenvalue weighted by molar-refractivity contribution is -0.115. The van der Waals surface area contributed by atoms with Gasteiger partial charge in [0, 0.05) is 11.7 Å². The van der Waals surface area contributed by atoms with E-state index in [0.717, 1.165) is 31.8 Å². The highest BCUT2D eigenvalue weighted by Crippen LogP contribution is 2.39. The molecule has 3 aromatic rings. The predicted molar refractivity (Wildman–Crippen MR) is 116 cm³/mol. The van der Waals surface area contributed by atoms with Crippen molar-refractivity contribution in [2.24, 2.45) is 0 Å². The molecule has 0 radical (unpaired) electrons. The molecule has 4 rings (SSSR count). The van der Waals surface area contributed by atoms with Crippen LogP contribution in [0.15, 0.2) is 52.9 Å². The molecule has 1 aromatic heterocycles. The third kappa shape index (κ3) is 4.72. The molecule has 1 heterocycles. The third-order valence-corrected chi connectivity index (χ3v) is 6.71. The Morgan fingerprint density at radius 1 is 1.14 bits per heavy atom. The molecule has 0 saturated heterocycles. The van der Waals surface area contributed by atoms with Gasteiger partial charge in [0.15, 0.2) is 4.34 Å². The molecule has 2 aromatic carbocycles. The van der Waals surface area contributed by atoms with E-state index in [-0.39, 0.29) is 5.91 Å². The second kappa shape index (κ2) is 8.32. The van der Waals surface area contributed by atoms with Crippen LogP contribution in [0.5, 0.6) is 0 Å². The van der Waals surface area contributed by atoms with Gasteiger partial charge in [-0.1, -0.05) is 65.6 Å². The highest BCUT2D eigenvalue weighted by molar-refractivity contribution is 8.02. The number of aryl methyl sites for hydroxylation is 2. The number of nitrogens with zero attached hydrogens (tertiary/aromatic N) is 2. The predicted octanol–water partition coefficient (Wildman–Crippen LogP) is 5.20. The first-order valence-electron chi connectivity index (χ1n) is 9.28. The van der Waals surface area contributed by atoms with Gasteiger partial charge >= 0.3 is 0 Å². The first kappa shape index (κ1) is 19.0.